The van der Waals surface area contributed by atoms with Crippen molar-refractivity contribution >= 4 is 5.96 Å². The molecule has 0 amide bonds. The minimum atomic E-state index is 0.410. The van der Waals surface area contributed by atoms with Gasteiger partial charge in [-0.15, -0.1) is 0 Å². The summed E-state index contributed by atoms with van der Waals surface area (Å²) in [5.74, 6) is 0.996. The number of guanidine groups is 1. The van der Waals surface area contributed by atoms with E-state index in [4.69, 9.17) is 4.74 Å². The van der Waals surface area contributed by atoms with Crippen molar-refractivity contribution in [1.82, 2.24) is 10.6 Å². The zero-order valence-corrected chi connectivity index (χ0v) is 12.2. The van der Waals surface area contributed by atoms with E-state index in [1.54, 1.807) is 0 Å². The molecule has 4 heteroatoms. The van der Waals surface area contributed by atoms with Crippen LogP contribution in [0.15, 0.2) is 4.99 Å². The van der Waals surface area contributed by atoms with E-state index in [0.717, 1.165) is 19.0 Å². The highest BCUT2D eigenvalue weighted by Crippen LogP contribution is 2.57. The molecule has 2 atom stereocenters. The molecule has 0 aliphatic heterocycles. The Morgan fingerprint density at radius 2 is 2.05 bits per heavy atom. The van der Waals surface area contributed by atoms with Crippen LogP contribution >= 0.6 is 0 Å². The number of ether oxygens (including phenoxy) is 1. The van der Waals surface area contributed by atoms with Crippen LogP contribution in [0.4, 0.5) is 0 Å². The van der Waals surface area contributed by atoms with Gasteiger partial charge < -0.3 is 15.4 Å². The molecule has 0 bridgehead atoms. The second-order valence-electron chi connectivity index (χ2n) is 6.31. The van der Waals surface area contributed by atoms with Gasteiger partial charge >= 0.3 is 0 Å². The summed E-state index contributed by atoms with van der Waals surface area (Å²) >= 11 is 0. The van der Waals surface area contributed by atoms with Gasteiger partial charge in [0.15, 0.2) is 5.96 Å². The second kappa shape index (κ2) is 5.31. The zero-order chi connectivity index (χ0) is 13.3. The summed E-state index contributed by atoms with van der Waals surface area (Å²) in [6.07, 6.45) is 9.54. The van der Waals surface area contributed by atoms with Crippen molar-refractivity contribution < 1.29 is 4.74 Å². The number of rotatable bonds is 4. The Hall–Kier alpha value is -0.770. The van der Waals surface area contributed by atoms with E-state index in [2.05, 4.69) is 22.5 Å². The molecule has 0 heterocycles. The van der Waals surface area contributed by atoms with Gasteiger partial charge in [0, 0.05) is 31.2 Å². The third-order valence-electron chi connectivity index (χ3n) is 5.42. The van der Waals surface area contributed by atoms with Crippen LogP contribution in [0.1, 0.15) is 51.9 Å². The van der Waals surface area contributed by atoms with Gasteiger partial charge in [0.1, 0.15) is 0 Å². The number of hydrogen-bond acceptors (Lipinski definition) is 2. The molecule has 0 aromatic carbocycles. The largest absolute Gasteiger partial charge is 0.378 e. The first-order chi connectivity index (χ1) is 9.28. The number of aliphatic imine (C=N–C) groups is 1. The molecular formula is C15H27N3O. The highest BCUT2D eigenvalue weighted by Gasteiger charge is 2.59. The molecule has 3 saturated carbocycles. The smallest absolute Gasteiger partial charge is 0.191 e. The molecule has 2 N–H and O–H groups in total. The Bertz CT molecular complexity index is 347. The van der Waals surface area contributed by atoms with Crippen LogP contribution in [-0.2, 0) is 4.74 Å². The molecule has 2 unspecified atom stereocenters. The van der Waals surface area contributed by atoms with Gasteiger partial charge in [-0.1, -0.05) is 6.42 Å². The van der Waals surface area contributed by atoms with E-state index in [1.165, 1.54) is 38.5 Å². The Labute approximate surface area is 116 Å². The molecular weight excluding hydrogens is 238 g/mol. The Morgan fingerprint density at radius 1 is 1.26 bits per heavy atom. The van der Waals surface area contributed by atoms with Gasteiger partial charge in [0.2, 0.25) is 0 Å². The zero-order valence-electron chi connectivity index (χ0n) is 12.2. The predicted octanol–water partition coefficient (Wildman–Crippen LogP) is 2.05. The first-order valence-corrected chi connectivity index (χ1v) is 7.90. The molecule has 3 fully saturated rings. The Balaban J connectivity index is 1.54. The maximum absolute atomic E-state index is 5.89. The van der Waals surface area contributed by atoms with Crippen LogP contribution in [0.2, 0.25) is 0 Å². The van der Waals surface area contributed by atoms with Crippen molar-refractivity contribution in [2.45, 2.75) is 70.1 Å². The van der Waals surface area contributed by atoms with Crippen LogP contribution in [0.3, 0.4) is 0 Å². The summed E-state index contributed by atoms with van der Waals surface area (Å²) in [4.78, 5) is 4.38. The fourth-order valence-electron chi connectivity index (χ4n) is 3.72. The van der Waals surface area contributed by atoms with Gasteiger partial charge in [0.05, 0.1) is 6.10 Å². The van der Waals surface area contributed by atoms with Crippen molar-refractivity contribution in [3.8, 4) is 0 Å². The quantitative estimate of drug-likeness (QED) is 0.604. The predicted molar refractivity (Wildman–Crippen MR) is 77.4 cm³/mol. The molecule has 1 spiro atoms. The molecule has 0 radical (unpaired) electrons. The standard InChI is InChI=1S/C15H27N3O/c1-3-19-13-10-12(15(13)8-5-9-15)18-14(16-2)17-11-6-4-7-11/h11-13H,3-10H2,1-2H3,(H2,16,17,18). The molecule has 3 aliphatic carbocycles. The first kappa shape index (κ1) is 13.2. The third kappa shape index (κ3) is 2.24. The summed E-state index contributed by atoms with van der Waals surface area (Å²) < 4.78 is 5.89. The van der Waals surface area contributed by atoms with Crippen molar-refractivity contribution in [2.75, 3.05) is 13.7 Å². The van der Waals surface area contributed by atoms with E-state index >= 15 is 0 Å². The average Bonchev–Trinajstić information content (AvgIpc) is 2.27. The van der Waals surface area contributed by atoms with Crippen molar-refractivity contribution in [3.05, 3.63) is 0 Å². The molecule has 3 aliphatic rings. The van der Waals surface area contributed by atoms with Crippen molar-refractivity contribution in [3.63, 3.8) is 0 Å². The summed E-state index contributed by atoms with van der Waals surface area (Å²) in [7, 11) is 1.88. The normalized spacial score (nSPS) is 33.3. The third-order valence-corrected chi connectivity index (χ3v) is 5.42. The average molecular weight is 265 g/mol. The summed E-state index contributed by atoms with van der Waals surface area (Å²) in [6, 6.07) is 1.20. The molecule has 3 rings (SSSR count). The second-order valence-corrected chi connectivity index (χ2v) is 6.31. The first-order valence-electron chi connectivity index (χ1n) is 7.90. The number of hydrogen-bond donors (Lipinski definition) is 2. The molecule has 0 saturated heterocycles. The fourth-order valence-corrected chi connectivity index (χ4v) is 3.72. The minimum absolute atomic E-state index is 0.410. The van der Waals surface area contributed by atoms with Gasteiger partial charge in [-0.3, -0.25) is 4.99 Å². The molecule has 108 valence electrons. The van der Waals surface area contributed by atoms with E-state index in [0.29, 0.717) is 23.6 Å². The van der Waals surface area contributed by atoms with Gasteiger partial charge in [-0.05, 0) is 45.4 Å². The van der Waals surface area contributed by atoms with Crippen LogP contribution in [0.25, 0.3) is 0 Å². The topological polar surface area (TPSA) is 45.6 Å². The maximum Gasteiger partial charge on any atom is 0.191 e. The highest BCUT2D eigenvalue weighted by molar-refractivity contribution is 5.80. The van der Waals surface area contributed by atoms with E-state index < -0.39 is 0 Å². The molecule has 4 nitrogen and oxygen atoms in total. The lowest BCUT2D eigenvalue weighted by molar-refractivity contribution is -0.168. The van der Waals surface area contributed by atoms with Crippen LogP contribution in [0, 0.1) is 5.41 Å². The molecule has 19 heavy (non-hydrogen) atoms. The summed E-state index contributed by atoms with van der Waals surface area (Å²) in [5, 5.41) is 7.18. The summed E-state index contributed by atoms with van der Waals surface area (Å²) in [5.41, 5.74) is 0.410. The molecule has 0 aromatic rings. The lowest BCUT2D eigenvalue weighted by Crippen LogP contribution is -2.69. The van der Waals surface area contributed by atoms with Gasteiger partial charge in [-0.2, -0.15) is 0 Å². The number of nitrogens with one attached hydrogen (secondary N) is 2. The van der Waals surface area contributed by atoms with Gasteiger partial charge in [-0.25, -0.2) is 0 Å². The molecule has 0 aromatic heterocycles. The van der Waals surface area contributed by atoms with E-state index in [9.17, 15) is 0 Å². The van der Waals surface area contributed by atoms with Crippen molar-refractivity contribution in [2.24, 2.45) is 10.4 Å². The highest BCUT2D eigenvalue weighted by atomic mass is 16.5. The van der Waals surface area contributed by atoms with Crippen LogP contribution < -0.4 is 10.6 Å². The maximum atomic E-state index is 5.89. The lowest BCUT2D eigenvalue weighted by Gasteiger charge is -2.61. The van der Waals surface area contributed by atoms with Gasteiger partial charge in [0.25, 0.3) is 0 Å². The van der Waals surface area contributed by atoms with Crippen LogP contribution in [0.5, 0.6) is 0 Å². The van der Waals surface area contributed by atoms with E-state index in [1.807, 2.05) is 7.05 Å². The minimum Gasteiger partial charge on any atom is -0.378 e. The lowest BCUT2D eigenvalue weighted by atomic mass is 9.51. The van der Waals surface area contributed by atoms with E-state index in [-0.39, 0.29) is 0 Å². The van der Waals surface area contributed by atoms with Crippen molar-refractivity contribution in [1.29, 1.82) is 0 Å². The SMILES string of the molecule is CCOC1CC(NC(=NC)NC2CCC2)C12CCC2. The summed E-state index contributed by atoms with van der Waals surface area (Å²) in [6.45, 7) is 2.94. The van der Waals surface area contributed by atoms with Crippen LogP contribution in [-0.4, -0.2) is 37.8 Å². The monoisotopic (exact) mass is 265 g/mol. The Morgan fingerprint density at radius 3 is 2.53 bits per heavy atom. The fraction of sp³-hybridized carbons (Fsp3) is 0.933. The number of nitrogens with zero attached hydrogens (tertiary/aromatic N) is 1. The Kier molecular flexibility index (Phi) is 3.70.